The maximum Gasteiger partial charge on any atom is 0.252 e. The number of halogens is 1. The van der Waals surface area contributed by atoms with Gasteiger partial charge in [-0.3, -0.25) is 9.69 Å². The fraction of sp³-hybridized carbons (Fsp3) is 0.667. The summed E-state index contributed by atoms with van der Waals surface area (Å²) in [5.74, 6) is 0.312. The molecule has 0 radical (unpaired) electrons. The van der Waals surface area contributed by atoms with Gasteiger partial charge in [0.15, 0.2) is 0 Å². The molecule has 162 valence electrons. The average Bonchev–Trinajstić information content (AvgIpc) is 3.22. The maximum absolute atomic E-state index is 12.8. The molecule has 1 aromatic carbocycles. The molecular formula is C21H32ClN3O3S. The monoisotopic (exact) mass is 441 g/mol. The van der Waals surface area contributed by atoms with E-state index < -0.39 is 10.0 Å². The Morgan fingerprint density at radius 2 is 1.90 bits per heavy atom. The highest BCUT2D eigenvalue weighted by atomic mass is 35.5. The Kier molecular flexibility index (Phi) is 6.93. The van der Waals surface area contributed by atoms with Crippen LogP contribution in [0.4, 0.5) is 0 Å². The number of sulfonamides is 1. The molecule has 0 spiro atoms. The van der Waals surface area contributed by atoms with Gasteiger partial charge < -0.3 is 5.32 Å². The first-order valence-corrected chi connectivity index (χ1v) is 12.3. The number of hydrogen-bond donors (Lipinski definition) is 1. The van der Waals surface area contributed by atoms with E-state index in [0.29, 0.717) is 25.6 Å². The number of nitrogens with zero attached hydrogens (tertiary/aromatic N) is 2. The van der Waals surface area contributed by atoms with Crippen LogP contribution in [0.25, 0.3) is 0 Å². The maximum atomic E-state index is 12.8. The number of hydrogen-bond acceptors (Lipinski definition) is 4. The third kappa shape index (κ3) is 5.13. The summed E-state index contributed by atoms with van der Waals surface area (Å²) in [6.45, 7) is 10.1. The second kappa shape index (κ2) is 8.92. The van der Waals surface area contributed by atoms with Gasteiger partial charge in [-0.1, -0.05) is 18.5 Å². The highest BCUT2D eigenvalue weighted by Crippen LogP contribution is 2.26. The quantitative estimate of drug-likeness (QED) is 0.734. The molecule has 0 aromatic heterocycles. The van der Waals surface area contributed by atoms with Gasteiger partial charge in [0.25, 0.3) is 5.91 Å². The van der Waals surface area contributed by atoms with Gasteiger partial charge >= 0.3 is 0 Å². The number of piperidine rings is 1. The molecule has 1 aromatic rings. The third-order valence-corrected chi connectivity index (χ3v) is 8.30. The third-order valence-electron chi connectivity index (χ3n) is 6.08. The van der Waals surface area contributed by atoms with Crippen LogP contribution in [0.15, 0.2) is 23.1 Å². The summed E-state index contributed by atoms with van der Waals surface area (Å²) in [5, 5.41) is 3.22. The molecule has 3 rings (SSSR count). The Balaban J connectivity index is 1.72. The normalized spacial score (nSPS) is 22.0. The van der Waals surface area contributed by atoms with Crippen LogP contribution in [0.5, 0.6) is 0 Å². The molecule has 2 saturated heterocycles. The molecule has 2 fully saturated rings. The van der Waals surface area contributed by atoms with Crippen LogP contribution < -0.4 is 5.32 Å². The molecule has 2 heterocycles. The van der Waals surface area contributed by atoms with Gasteiger partial charge in [0.1, 0.15) is 0 Å². The molecule has 1 atom stereocenters. The van der Waals surface area contributed by atoms with Gasteiger partial charge in [-0.25, -0.2) is 8.42 Å². The fourth-order valence-corrected chi connectivity index (χ4v) is 5.91. The molecule has 1 unspecified atom stereocenters. The lowest BCUT2D eigenvalue weighted by Crippen LogP contribution is -2.54. The average molecular weight is 442 g/mol. The van der Waals surface area contributed by atoms with Crippen molar-refractivity contribution in [1.29, 1.82) is 0 Å². The Morgan fingerprint density at radius 1 is 1.21 bits per heavy atom. The molecule has 1 amide bonds. The van der Waals surface area contributed by atoms with Gasteiger partial charge in [0.2, 0.25) is 10.0 Å². The van der Waals surface area contributed by atoms with Gasteiger partial charge in [-0.2, -0.15) is 4.31 Å². The zero-order valence-corrected chi connectivity index (χ0v) is 19.2. The molecular weight excluding hydrogens is 410 g/mol. The van der Waals surface area contributed by atoms with Crippen LogP contribution in [0.2, 0.25) is 5.02 Å². The Bertz CT molecular complexity index is 851. The summed E-state index contributed by atoms with van der Waals surface area (Å²) >= 11 is 6.24. The molecule has 2 aliphatic rings. The van der Waals surface area contributed by atoms with Crippen molar-refractivity contribution in [3.63, 3.8) is 0 Å². The van der Waals surface area contributed by atoms with E-state index in [1.165, 1.54) is 35.3 Å². The Labute approximate surface area is 179 Å². The summed E-state index contributed by atoms with van der Waals surface area (Å²) in [7, 11) is -3.59. The summed E-state index contributed by atoms with van der Waals surface area (Å²) in [6.07, 6.45) is 4.14. The van der Waals surface area contributed by atoms with E-state index >= 15 is 0 Å². The highest BCUT2D eigenvalue weighted by Gasteiger charge is 2.31. The van der Waals surface area contributed by atoms with Crippen LogP contribution in [0, 0.1) is 5.92 Å². The van der Waals surface area contributed by atoms with Crippen molar-refractivity contribution in [3.8, 4) is 0 Å². The Hall–Kier alpha value is -1.15. The van der Waals surface area contributed by atoms with Crippen molar-refractivity contribution in [2.75, 3.05) is 32.7 Å². The first kappa shape index (κ1) is 22.5. The number of benzene rings is 1. The van der Waals surface area contributed by atoms with Crippen LogP contribution in [0.3, 0.4) is 0 Å². The number of amides is 1. The van der Waals surface area contributed by atoms with Crippen molar-refractivity contribution in [1.82, 2.24) is 14.5 Å². The molecule has 0 aliphatic carbocycles. The topological polar surface area (TPSA) is 69.7 Å². The predicted octanol–water partition coefficient (Wildman–Crippen LogP) is 3.36. The summed E-state index contributed by atoms with van der Waals surface area (Å²) in [5.41, 5.74) is 0.0190. The van der Waals surface area contributed by atoms with E-state index in [1.807, 2.05) is 0 Å². The van der Waals surface area contributed by atoms with E-state index in [9.17, 15) is 13.2 Å². The molecule has 6 nitrogen and oxygen atoms in total. The zero-order valence-electron chi connectivity index (χ0n) is 17.6. The minimum atomic E-state index is -3.59. The molecule has 0 saturated carbocycles. The smallest absolute Gasteiger partial charge is 0.252 e. The van der Waals surface area contributed by atoms with Crippen LogP contribution in [-0.2, 0) is 10.0 Å². The molecule has 8 heteroatoms. The molecule has 0 bridgehead atoms. The second-order valence-corrected chi connectivity index (χ2v) is 11.3. The standard InChI is InChI=1S/C21H32ClN3O3S/c1-16-7-6-10-24(14-16)21(2,3)15-23-20(26)18-13-17(8-9-19(18)22)29(27,28)25-11-4-5-12-25/h8-9,13,16H,4-7,10-12,14-15H2,1-3H3,(H,23,26). The zero-order chi connectivity index (χ0) is 21.2. The Morgan fingerprint density at radius 3 is 2.55 bits per heavy atom. The molecule has 29 heavy (non-hydrogen) atoms. The van der Waals surface area contributed by atoms with Crippen molar-refractivity contribution in [2.45, 2.75) is 56.9 Å². The van der Waals surface area contributed by atoms with Crippen molar-refractivity contribution in [2.24, 2.45) is 5.92 Å². The van der Waals surface area contributed by atoms with E-state index in [-0.39, 0.29) is 26.9 Å². The minimum Gasteiger partial charge on any atom is -0.350 e. The van der Waals surface area contributed by atoms with Crippen LogP contribution >= 0.6 is 11.6 Å². The second-order valence-electron chi connectivity index (χ2n) is 8.94. The first-order valence-electron chi connectivity index (χ1n) is 10.4. The lowest BCUT2D eigenvalue weighted by Gasteiger charge is -2.43. The molecule has 2 aliphatic heterocycles. The van der Waals surface area contributed by atoms with E-state index in [4.69, 9.17) is 11.6 Å². The number of carbonyl (C=O) groups is 1. The fourth-order valence-electron chi connectivity index (χ4n) is 4.16. The van der Waals surface area contributed by atoms with E-state index in [2.05, 4.69) is 31.0 Å². The number of carbonyl (C=O) groups excluding carboxylic acids is 1. The minimum absolute atomic E-state index is 0.123. The van der Waals surface area contributed by atoms with Crippen LogP contribution in [0.1, 0.15) is 56.8 Å². The SMILES string of the molecule is CC1CCCN(C(C)(C)CNC(=O)c2cc(S(=O)(=O)N3CCCC3)ccc2Cl)C1. The summed E-state index contributed by atoms with van der Waals surface area (Å²) < 4.78 is 27.1. The van der Waals surface area contributed by atoms with E-state index in [0.717, 1.165) is 25.9 Å². The van der Waals surface area contributed by atoms with Gasteiger partial charge in [0, 0.05) is 31.7 Å². The summed E-state index contributed by atoms with van der Waals surface area (Å²) in [6, 6.07) is 4.38. The van der Waals surface area contributed by atoms with Gasteiger partial charge in [-0.05, 0) is 70.2 Å². The molecule has 1 N–H and O–H groups in total. The van der Waals surface area contributed by atoms with Crippen molar-refractivity contribution in [3.05, 3.63) is 28.8 Å². The first-order chi connectivity index (χ1) is 13.6. The van der Waals surface area contributed by atoms with Gasteiger partial charge in [-0.15, -0.1) is 0 Å². The number of nitrogens with one attached hydrogen (secondary N) is 1. The summed E-state index contributed by atoms with van der Waals surface area (Å²) in [4.78, 5) is 15.4. The highest BCUT2D eigenvalue weighted by molar-refractivity contribution is 7.89. The van der Waals surface area contributed by atoms with Gasteiger partial charge in [0.05, 0.1) is 15.5 Å². The lowest BCUT2D eigenvalue weighted by molar-refractivity contribution is 0.0657. The lowest BCUT2D eigenvalue weighted by atomic mass is 9.93. The van der Waals surface area contributed by atoms with Crippen LogP contribution in [-0.4, -0.2) is 61.8 Å². The van der Waals surface area contributed by atoms with E-state index in [1.54, 1.807) is 0 Å². The van der Waals surface area contributed by atoms with Crippen molar-refractivity contribution < 1.29 is 13.2 Å². The van der Waals surface area contributed by atoms with Crippen molar-refractivity contribution >= 4 is 27.5 Å². The number of rotatable bonds is 6. The largest absolute Gasteiger partial charge is 0.350 e. The predicted molar refractivity (Wildman–Crippen MR) is 116 cm³/mol. The number of likely N-dealkylation sites (tertiary alicyclic amines) is 1.